The van der Waals surface area contributed by atoms with Gasteiger partial charge >= 0.3 is 0 Å². The van der Waals surface area contributed by atoms with Crippen molar-refractivity contribution in [2.45, 2.75) is 0 Å². The van der Waals surface area contributed by atoms with Gasteiger partial charge in [-0.1, -0.05) is 206 Å². The van der Waals surface area contributed by atoms with E-state index in [0.717, 1.165) is 93.9 Å². The highest BCUT2D eigenvalue weighted by atomic mass is 16.3. The van der Waals surface area contributed by atoms with Gasteiger partial charge in [0.05, 0.1) is 0 Å². The molecule has 0 unspecified atom stereocenters. The van der Waals surface area contributed by atoms with Gasteiger partial charge < -0.3 is 4.42 Å². The molecule has 0 fully saturated rings. The fourth-order valence-corrected chi connectivity index (χ4v) is 9.19. The molecule has 4 heteroatoms. The molecule has 0 atom stereocenters. The van der Waals surface area contributed by atoms with Gasteiger partial charge in [0.1, 0.15) is 11.2 Å². The number of hydrogen-bond acceptors (Lipinski definition) is 4. The van der Waals surface area contributed by atoms with Crippen LogP contribution in [0.3, 0.4) is 0 Å². The van der Waals surface area contributed by atoms with Gasteiger partial charge in [-0.3, -0.25) is 0 Å². The molecule has 12 aromatic rings. The molecule has 12 rings (SSSR count). The molecule has 0 radical (unpaired) electrons. The Morgan fingerprint density at radius 1 is 0.246 bits per heavy atom. The van der Waals surface area contributed by atoms with E-state index in [2.05, 4.69) is 206 Å². The van der Waals surface area contributed by atoms with Crippen molar-refractivity contribution in [2.75, 3.05) is 0 Å². The molecule has 0 aliphatic heterocycles. The van der Waals surface area contributed by atoms with E-state index in [1.807, 2.05) is 30.3 Å². The minimum atomic E-state index is 0.568. The van der Waals surface area contributed by atoms with Crippen LogP contribution in [0.5, 0.6) is 0 Å². The monoisotopic (exact) mass is 829 g/mol. The molecule has 0 saturated carbocycles. The van der Waals surface area contributed by atoms with Crippen molar-refractivity contribution < 1.29 is 4.42 Å². The Morgan fingerprint density at radius 2 is 0.662 bits per heavy atom. The van der Waals surface area contributed by atoms with Crippen LogP contribution in [-0.2, 0) is 0 Å². The van der Waals surface area contributed by atoms with Crippen molar-refractivity contribution in [1.82, 2.24) is 15.0 Å². The molecule has 4 nitrogen and oxygen atoms in total. The summed E-state index contributed by atoms with van der Waals surface area (Å²) in [6.45, 7) is 0. The number of para-hydroxylation sites is 1. The van der Waals surface area contributed by atoms with E-state index in [-0.39, 0.29) is 0 Å². The zero-order valence-electron chi connectivity index (χ0n) is 35.3. The van der Waals surface area contributed by atoms with Crippen molar-refractivity contribution in [3.8, 4) is 89.8 Å². The molecule has 0 aliphatic rings. The Labute approximate surface area is 376 Å². The van der Waals surface area contributed by atoms with Crippen LogP contribution >= 0.6 is 0 Å². The number of rotatable bonds is 8. The summed E-state index contributed by atoms with van der Waals surface area (Å²) >= 11 is 0. The number of fused-ring (bicyclic) bond motifs is 4. The lowest BCUT2D eigenvalue weighted by Gasteiger charge is -2.14. The third-order valence-corrected chi connectivity index (χ3v) is 12.4. The van der Waals surface area contributed by atoms with Gasteiger partial charge in [-0.15, -0.1) is 0 Å². The summed E-state index contributed by atoms with van der Waals surface area (Å²) in [4.78, 5) is 16.2. The molecular weight excluding hydrogens is 791 g/mol. The summed E-state index contributed by atoms with van der Waals surface area (Å²) < 4.78 is 6.82. The fourth-order valence-electron chi connectivity index (χ4n) is 9.19. The summed E-state index contributed by atoms with van der Waals surface area (Å²) in [5, 5.41) is 4.15. The van der Waals surface area contributed by atoms with Gasteiger partial charge in [0, 0.05) is 33.0 Å². The normalized spacial score (nSPS) is 11.4. The lowest BCUT2D eigenvalue weighted by molar-refractivity contribution is 0.670. The lowest BCUT2D eigenvalue weighted by atomic mass is 9.94. The quantitative estimate of drug-likeness (QED) is 0.153. The highest BCUT2D eigenvalue weighted by Gasteiger charge is 2.21. The first-order chi connectivity index (χ1) is 32.2. The molecule has 2 aromatic heterocycles. The molecular formula is C61H39N3O. The predicted molar refractivity (Wildman–Crippen MR) is 268 cm³/mol. The summed E-state index contributed by atoms with van der Waals surface area (Å²) in [7, 11) is 0. The van der Waals surface area contributed by atoms with Gasteiger partial charge in [-0.05, 0) is 91.2 Å². The third kappa shape index (κ3) is 7.04. The maximum absolute atomic E-state index is 6.82. The van der Waals surface area contributed by atoms with E-state index in [0.29, 0.717) is 17.5 Å². The van der Waals surface area contributed by atoms with E-state index in [9.17, 15) is 0 Å². The average Bonchev–Trinajstić information content (AvgIpc) is 3.79. The van der Waals surface area contributed by atoms with Crippen LogP contribution < -0.4 is 0 Å². The maximum atomic E-state index is 6.82. The Balaban J connectivity index is 1.08. The fraction of sp³-hybridized carbons (Fsp3) is 0. The molecule has 0 amide bonds. The van der Waals surface area contributed by atoms with Crippen molar-refractivity contribution in [1.29, 1.82) is 0 Å². The molecule has 0 N–H and O–H groups in total. The number of furan rings is 1. The first kappa shape index (κ1) is 38.0. The standard InChI is InChI=1S/C61H39N3O/c1-5-17-40(18-6-1)43-31-33-45(34-32-43)50-27-15-28-54-57-55(29-16-30-56(57)65-58(50)54)61-63-59(48-38-46(41-19-7-2-8-20-41)37-47(39-48)42-21-9-3-10-22-42)62-60(64-61)53-36-35-49(44-23-11-4-12-24-44)51-25-13-14-26-52(51)53/h1-39H. The lowest BCUT2D eigenvalue weighted by Crippen LogP contribution is -2.01. The number of benzene rings is 10. The van der Waals surface area contributed by atoms with Crippen LogP contribution in [0.1, 0.15) is 0 Å². The first-order valence-electron chi connectivity index (χ1n) is 21.9. The maximum Gasteiger partial charge on any atom is 0.164 e. The second-order valence-corrected chi connectivity index (χ2v) is 16.3. The van der Waals surface area contributed by atoms with Gasteiger partial charge in [0.15, 0.2) is 17.5 Å². The summed E-state index contributed by atoms with van der Waals surface area (Å²) in [5.74, 6) is 1.75. The minimum absolute atomic E-state index is 0.568. The Morgan fingerprint density at radius 3 is 1.29 bits per heavy atom. The van der Waals surface area contributed by atoms with Crippen molar-refractivity contribution >= 4 is 32.7 Å². The predicted octanol–water partition coefficient (Wildman–Crippen LogP) is 16.3. The van der Waals surface area contributed by atoms with Gasteiger partial charge in [0.25, 0.3) is 0 Å². The molecule has 0 saturated heterocycles. The smallest absolute Gasteiger partial charge is 0.164 e. The van der Waals surface area contributed by atoms with Gasteiger partial charge in [-0.2, -0.15) is 0 Å². The van der Waals surface area contributed by atoms with E-state index in [4.69, 9.17) is 19.4 Å². The molecule has 65 heavy (non-hydrogen) atoms. The van der Waals surface area contributed by atoms with E-state index < -0.39 is 0 Å². The minimum Gasteiger partial charge on any atom is -0.455 e. The van der Waals surface area contributed by atoms with Crippen molar-refractivity contribution in [3.63, 3.8) is 0 Å². The van der Waals surface area contributed by atoms with Crippen LogP contribution in [0, 0.1) is 0 Å². The Bertz CT molecular complexity index is 3620. The highest BCUT2D eigenvalue weighted by Crippen LogP contribution is 2.42. The number of hydrogen-bond donors (Lipinski definition) is 0. The highest BCUT2D eigenvalue weighted by molar-refractivity contribution is 6.15. The largest absolute Gasteiger partial charge is 0.455 e. The van der Waals surface area contributed by atoms with Gasteiger partial charge in [0.2, 0.25) is 0 Å². The zero-order valence-corrected chi connectivity index (χ0v) is 35.3. The second-order valence-electron chi connectivity index (χ2n) is 16.3. The van der Waals surface area contributed by atoms with Crippen LogP contribution in [-0.4, -0.2) is 15.0 Å². The van der Waals surface area contributed by atoms with E-state index in [1.54, 1.807) is 0 Å². The first-order valence-corrected chi connectivity index (χ1v) is 21.9. The zero-order chi connectivity index (χ0) is 43.1. The molecule has 0 aliphatic carbocycles. The van der Waals surface area contributed by atoms with Crippen LogP contribution in [0.2, 0.25) is 0 Å². The molecule has 2 heterocycles. The van der Waals surface area contributed by atoms with E-state index in [1.165, 1.54) is 11.1 Å². The van der Waals surface area contributed by atoms with Crippen molar-refractivity contribution in [3.05, 3.63) is 237 Å². The van der Waals surface area contributed by atoms with Crippen molar-refractivity contribution in [2.24, 2.45) is 0 Å². The topological polar surface area (TPSA) is 51.8 Å². The number of nitrogens with zero attached hydrogens (tertiary/aromatic N) is 3. The molecule has 10 aromatic carbocycles. The number of aromatic nitrogens is 3. The van der Waals surface area contributed by atoms with Crippen LogP contribution in [0.15, 0.2) is 241 Å². The van der Waals surface area contributed by atoms with Crippen LogP contribution in [0.4, 0.5) is 0 Å². The summed E-state index contributed by atoms with van der Waals surface area (Å²) in [5.41, 5.74) is 15.4. The SMILES string of the molecule is c1ccc(-c2ccc(-c3cccc4c3oc3cccc(-c5nc(-c6cc(-c7ccccc7)cc(-c7ccccc7)c6)nc(-c6ccc(-c7ccccc7)c7ccccc67)n5)c34)cc2)cc1. The second kappa shape index (κ2) is 16.2. The summed E-state index contributed by atoms with van der Waals surface area (Å²) in [6, 6.07) is 82.8. The van der Waals surface area contributed by atoms with Crippen LogP contribution in [0.25, 0.3) is 123 Å². The molecule has 304 valence electrons. The van der Waals surface area contributed by atoms with E-state index >= 15 is 0 Å². The molecule has 0 bridgehead atoms. The summed E-state index contributed by atoms with van der Waals surface area (Å²) in [6.07, 6.45) is 0. The average molecular weight is 830 g/mol. The Hall–Kier alpha value is -8.73. The van der Waals surface area contributed by atoms with Gasteiger partial charge in [-0.25, -0.2) is 15.0 Å². The third-order valence-electron chi connectivity index (χ3n) is 12.4. The molecule has 0 spiro atoms. The Kier molecular flexibility index (Phi) is 9.46.